The molecular weight excluding hydrogens is 366 g/mol. The van der Waals surface area contributed by atoms with Gasteiger partial charge in [0.1, 0.15) is 0 Å². The Labute approximate surface area is 144 Å². The van der Waals surface area contributed by atoms with Crippen LogP contribution < -0.4 is 5.32 Å². The summed E-state index contributed by atoms with van der Waals surface area (Å²) in [5.41, 5.74) is 2.46. The van der Waals surface area contributed by atoms with Crippen molar-refractivity contribution in [2.24, 2.45) is 0 Å². The van der Waals surface area contributed by atoms with Crippen LogP contribution in [0, 0.1) is 0 Å². The van der Waals surface area contributed by atoms with Gasteiger partial charge in [-0.2, -0.15) is 0 Å². The van der Waals surface area contributed by atoms with E-state index in [1.807, 2.05) is 18.2 Å². The summed E-state index contributed by atoms with van der Waals surface area (Å²) in [4.78, 5) is 1.24. The van der Waals surface area contributed by atoms with Gasteiger partial charge in [-0.15, -0.1) is 11.8 Å². The van der Waals surface area contributed by atoms with Crippen molar-refractivity contribution < 1.29 is 0 Å². The van der Waals surface area contributed by atoms with Gasteiger partial charge in [-0.3, -0.25) is 0 Å². The Hall–Kier alpha value is -0.480. The van der Waals surface area contributed by atoms with Crippen molar-refractivity contribution in [3.8, 4) is 0 Å². The highest BCUT2D eigenvalue weighted by molar-refractivity contribution is 9.10. The first-order valence-electron chi connectivity index (χ1n) is 7.01. The molecule has 1 nitrogen and oxygen atoms in total. The van der Waals surface area contributed by atoms with Gasteiger partial charge < -0.3 is 5.32 Å². The average molecular weight is 385 g/mol. The van der Waals surface area contributed by atoms with Crippen molar-refractivity contribution in [1.82, 2.24) is 5.32 Å². The average Bonchev–Trinajstić information content (AvgIpc) is 2.47. The topological polar surface area (TPSA) is 12.0 Å². The number of nitrogens with one attached hydrogen (secondary N) is 1. The lowest BCUT2D eigenvalue weighted by molar-refractivity contribution is 0.597. The highest BCUT2D eigenvalue weighted by atomic mass is 79.9. The third kappa shape index (κ3) is 4.75. The molecule has 0 radical (unpaired) electrons. The Bertz CT molecular complexity index is 603. The maximum absolute atomic E-state index is 6.20. The fraction of sp³-hybridized carbons (Fsp3) is 0.294. The molecular formula is C17H19BrClNS. The van der Waals surface area contributed by atoms with Gasteiger partial charge in [0.05, 0.1) is 0 Å². The molecule has 0 bridgehead atoms. The van der Waals surface area contributed by atoms with Crippen molar-refractivity contribution >= 4 is 39.3 Å². The molecule has 0 aliphatic carbocycles. The molecule has 2 rings (SSSR count). The SMILES string of the molecule is CCNC(C)c1ccc(SCc2ccccc2Cl)c(Br)c1. The second-order valence-electron chi connectivity index (χ2n) is 4.85. The molecule has 0 aliphatic rings. The minimum Gasteiger partial charge on any atom is -0.310 e. The Kier molecular flexibility index (Phi) is 6.62. The molecule has 0 aliphatic heterocycles. The van der Waals surface area contributed by atoms with E-state index < -0.39 is 0 Å². The number of rotatable bonds is 6. The zero-order valence-corrected chi connectivity index (χ0v) is 15.4. The first kappa shape index (κ1) is 16.9. The largest absolute Gasteiger partial charge is 0.310 e. The molecule has 0 saturated carbocycles. The highest BCUT2D eigenvalue weighted by Gasteiger charge is 2.08. The Morgan fingerprint density at radius 2 is 2.00 bits per heavy atom. The van der Waals surface area contributed by atoms with Gasteiger partial charge in [0.15, 0.2) is 0 Å². The van der Waals surface area contributed by atoms with Crippen molar-refractivity contribution in [2.45, 2.75) is 30.5 Å². The molecule has 2 aromatic rings. The van der Waals surface area contributed by atoms with Crippen molar-refractivity contribution in [2.75, 3.05) is 6.54 Å². The van der Waals surface area contributed by atoms with Gasteiger partial charge in [0.25, 0.3) is 0 Å². The van der Waals surface area contributed by atoms with Gasteiger partial charge in [-0.1, -0.05) is 42.8 Å². The standard InChI is InChI=1S/C17H19BrClNS/c1-3-20-12(2)13-8-9-17(15(18)10-13)21-11-14-6-4-5-7-16(14)19/h4-10,12,20H,3,11H2,1-2H3. The van der Waals surface area contributed by atoms with E-state index in [1.165, 1.54) is 16.0 Å². The molecule has 21 heavy (non-hydrogen) atoms. The monoisotopic (exact) mass is 383 g/mol. The molecule has 1 unspecified atom stereocenters. The van der Waals surface area contributed by atoms with Crippen LogP contribution in [0.15, 0.2) is 51.8 Å². The van der Waals surface area contributed by atoms with Crippen LogP contribution in [-0.4, -0.2) is 6.54 Å². The van der Waals surface area contributed by atoms with Crippen LogP contribution >= 0.6 is 39.3 Å². The van der Waals surface area contributed by atoms with Crippen LogP contribution in [0.2, 0.25) is 5.02 Å². The van der Waals surface area contributed by atoms with E-state index in [0.717, 1.165) is 21.8 Å². The molecule has 0 amide bonds. The fourth-order valence-electron chi connectivity index (χ4n) is 2.10. The van der Waals surface area contributed by atoms with Crippen LogP contribution in [0.4, 0.5) is 0 Å². The third-order valence-corrected chi connectivity index (χ3v) is 5.72. The van der Waals surface area contributed by atoms with Crippen molar-refractivity contribution in [1.29, 1.82) is 0 Å². The van der Waals surface area contributed by atoms with E-state index in [0.29, 0.717) is 6.04 Å². The first-order valence-corrected chi connectivity index (χ1v) is 9.16. The third-order valence-electron chi connectivity index (χ3n) is 3.31. The molecule has 0 heterocycles. The predicted molar refractivity (Wildman–Crippen MR) is 97.2 cm³/mol. The highest BCUT2D eigenvalue weighted by Crippen LogP contribution is 2.33. The fourth-order valence-corrected chi connectivity index (χ4v) is 4.04. The van der Waals surface area contributed by atoms with Crippen LogP contribution in [0.3, 0.4) is 0 Å². The summed E-state index contributed by atoms with van der Waals surface area (Å²) in [5.74, 6) is 0.875. The smallest absolute Gasteiger partial charge is 0.0446 e. The normalized spacial score (nSPS) is 12.4. The van der Waals surface area contributed by atoms with E-state index >= 15 is 0 Å². The second-order valence-corrected chi connectivity index (χ2v) is 7.13. The second kappa shape index (κ2) is 8.23. The lowest BCUT2D eigenvalue weighted by Gasteiger charge is -2.14. The number of benzene rings is 2. The lowest BCUT2D eigenvalue weighted by atomic mass is 10.1. The van der Waals surface area contributed by atoms with E-state index in [-0.39, 0.29) is 0 Å². The van der Waals surface area contributed by atoms with E-state index in [9.17, 15) is 0 Å². The van der Waals surface area contributed by atoms with Gasteiger partial charge in [-0.05, 0) is 58.7 Å². The Balaban J connectivity index is 2.06. The summed E-state index contributed by atoms with van der Waals surface area (Å²) in [6, 6.07) is 14.9. The maximum Gasteiger partial charge on any atom is 0.0446 e. The first-order chi connectivity index (χ1) is 10.1. The van der Waals surface area contributed by atoms with Crippen molar-refractivity contribution in [3.05, 3.63) is 63.1 Å². The number of hydrogen-bond acceptors (Lipinski definition) is 2. The van der Waals surface area contributed by atoms with E-state index in [4.69, 9.17) is 11.6 Å². The Morgan fingerprint density at radius 1 is 1.24 bits per heavy atom. The molecule has 4 heteroatoms. The summed E-state index contributed by atoms with van der Waals surface area (Å²) in [7, 11) is 0. The van der Waals surface area contributed by atoms with Crippen molar-refractivity contribution in [3.63, 3.8) is 0 Å². The van der Waals surface area contributed by atoms with Gasteiger partial charge >= 0.3 is 0 Å². The zero-order chi connectivity index (χ0) is 15.2. The molecule has 0 aromatic heterocycles. The molecule has 1 N–H and O–H groups in total. The quantitative estimate of drug-likeness (QED) is 0.607. The number of hydrogen-bond donors (Lipinski definition) is 1. The van der Waals surface area contributed by atoms with Crippen LogP contribution in [0.5, 0.6) is 0 Å². The predicted octanol–water partition coefficient (Wildman–Crippen LogP) is 6.07. The summed E-state index contributed by atoms with van der Waals surface area (Å²) in [6.45, 7) is 5.28. The summed E-state index contributed by atoms with van der Waals surface area (Å²) < 4.78 is 1.14. The molecule has 0 fully saturated rings. The molecule has 0 spiro atoms. The number of halogens is 2. The van der Waals surface area contributed by atoms with Gasteiger partial charge in [0, 0.05) is 26.2 Å². The van der Waals surface area contributed by atoms with Crippen LogP contribution in [0.1, 0.15) is 31.0 Å². The molecule has 112 valence electrons. The zero-order valence-electron chi connectivity index (χ0n) is 12.2. The van der Waals surface area contributed by atoms with Crippen LogP contribution in [-0.2, 0) is 5.75 Å². The van der Waals surface area contributed by atoms with Crippen LogP contribution in [0.25, 0.3) is 0 Å². The van der Waals surface area contributed by atoms with Gasteiger partial charge in [0.2, 0.25) is 0 Å². The van der Waals surface area contributed by atoms with Gasteiger partial charge in [-0.25, -0.2) is 0 Å². The minimum atomic E-state index is 0.369. The summed E-state index contributed by atoms with van der Waals surface area (Å²) >= 11 is 11.7. The molecule has 0 saturated heterocycles. The van der Waals surface area contributed by atoms with E-state index in [1.54, 1.807) is 11.8 Å². The lowest BCUT2D eigenvalue weighted by Crippen LogP contribution is -2.17. The maximum atomic E-state index is 6.20. The molecule has 1 atom stereocenters. The minimum absolute atomic E-state index is 0.369. The summed E-state index contributed by atoms with van der Waals surface area (Å²) in [6.07, 6.45) is 0. The molecule has 2 aromatic carbocycles. The Morgan fingerprint density at radius 3 is 2.67 bits per heavy atom. The number of thioether (sulfide) groups is 1. The summed E-state index contributed by atoms with van der Waals surface area (Å²) in [5, 5.41) is 4.26. The van der Waals surface area contributed by atoms with E-state index in [2.05, 4.69) is 59.4 Å².